The van der Waals surface area contributed by atoms with E-state index < -0.39 is 0 Å². The lowest BCUT2D eigenvalue weighted by molar-refractivity contribution is -0.122. The van der Waals surface area contributed by atoms with Gasteiger partial charge in [0.25, 0.3) is 0 Å². The van der Waals surface area contributed by atoms with E-state index in [0.717, 1.165) is 13.1 Å². The largest absolute Gasteiger partial charge is 0.354 e. The van der Waals surface area contributed by atoms with Crippen LogP contribution >= 0.6 is 0 Å². The molecule has 0 aromatic rings. The molecule has 0 aromatic heterocycles. The average molecular weight is 309 g/mol. The topological polar surface area (TPSA) is 35.6 Å². The smallest absolute Gasteiger partial charge is 0.221 e. The van der Waals surface area contributed by atoms with E-state index in [1.54, 1.807) is 0 Å². The molecule has 1 aliphatic carbocycles. The highest BCUT2D eigenvalue weighted by molar-refractivity contribution is 5.76. The Kier molecular flexibility index (Phi) is 7.16. The first-order valence-electron chi connectivity index (χ1n) is 9.29. The summed E-state index contributed by atoms with van der Waals surface area (Å²) < 4.78 is 0. The number of hydrogen-bond acceptors (Lipinski definition) is 3. The van der Waals surface area contributed by atoms with E-state index >= 15 is 0 Å². The second kappa shape index (κ2) is 8.88. The second-order valence-electron chi connectivity index (χ2n) is 7.46. The summed E-state index contributed by atoms with van der Waals surface area (Å²) in [6.07, 6.45) is 12.4. The molecule has 128 valence electrons. The van der Waals surface area contributed by atoms with Gasteiger partial charge in [-0.15, -0.1) is 0 Å². The fraction of sp³-hybridized carbons (Fsp3) is 0.944. The highest BCUT2D eigenvalue weighted by Crippen LogP contribution is 2.33. The Morgan fingerprint density at radius 2 is 1.59 bits per heavy atom. The van der Waals surface area contributed by atoms with Crippen molar-refractivity contribution in [3.05, 3.63) is 0 Å². The van der Waals surface area contributed by atoms with Crippen LogP contribution in [0, 0.1) is 0 Å². The number of nitrogens with one attached hydrogen (secondary N) is 1. The van der Waals surface area contributed by atoms with Gasteiger partial charge in [0.1, 0.15) is 0 Å². The number of likely N-dealkylation sites (N-methyl/N-ethyl adjacent to an activating group) is 1. The Labute approximate surface area is 136 Å². The minimum absolute atomic E-state index is 0.205. The van der Waals surface area contributed by atoms with Gasteiger partial charge in [-0.2, -0.15) is 0 Å². The van der Waals surface area contributed by atoms with Crippen molar-refractivity contribution in [1.82, 2.24) is 15.1 Å². The third-order valence-electron chi connectivity index (χ3n) is 5.70. The first kappa shape index (κ1) is 17.7. The summed E-state index contributed by atoms with van der Waals surface area (Å²) in [7, 11) is 4.30. The SMILES string of the molecule is CN(C)C1(CNC(=O)CCN2CCCCCCC2)CCCC1. The van der Waals surface area contributed by atoms with Crippen LogP contribution in [0.5, 0.6) is 0 Å². The molecule has 2 fully saturated rings. The number of rotatable bonds is 6. The van der Waals surface area contributed by atoms with Crippen molar-refractivity contribution in [3.63, 3.8) is 0 Å². The molecule has 0 atom stereocenters. The molecule has 4 nitrogen and oxygen atoms in total. The van der Waals surface area contributed by atoms with Gasteiger partial charge in [0.15, 0.2) is 0 Å². The molecule has 1 saturated heterocycles. The molecule has 0 bridgehead atoms. The molecule has 2 rings (SSSR count). The van der Waals surface area contributed by atoms with Crippen molar-refractivity contribution in [1.29, 1.82) is 0 Å². The Morgan fingerprint density at radius 1 is 1.00 bits per heavy atom. The first-order chi connectivity index (χ1) is 10.6. The fourth-order valence-electron chi connectivity index (χ4n) is 3.96. The van der Waals surface area contributed by atoms with Crippen LogP contribution in [0.4, 0.5) is 0 Å². The fourth-order valence-corrected chi connectivity index (χ4v) is 3.96. The Hall–Kier alpha value is -0.610. The zero-order valence-corrected chi connectivity index (χ0v) is 14.7. The van der Waals surface area contributed by atoms with Gasteiger partial charge in [-0.3, -0.25) is 4.79 Å². The number of carbonyl (C=O) groups is 1. The maximum Gasteiger partial charge on any atom is 0.221 e. The van der Waals surface area contributed by atoms with Gasteiger partial charge in [-0.05, 0) is 52.9 Å². The number of hydrogen-bond donors (Lipinski definition) is 1. The molecule has 1 aliphatic heterocycles. The third kappa shape index (κ3) is 5.24. The van der Waals surface area contributed by atoms with Crippen LogP contribution in [0.2, 0.25) is 0 Å². The van der Waals surface area contributed by atoms with Crippen LogP contribution in [0.25, 0.3) is 0 Å². The van der Waals surface area contributed by atoms with Gasteiger partial charge >= 0.3 is 0 Å². The van der Waals surface area contributed by atoms with Crippen LogP contribution in [-0.2, 0) is 4.79 Å². The molecule has 0 radical (unpaired) electrons. The van der Waals surface area contributed by atoms with E-state index in [9.17, 15) is 4.79 Å². The Balaban J connectivity index is 1.68. The van der Waals surface area contributed by atoms with Crippen molar-refractivity contribution >= 4 is 5.91 Å². The van der Waals surface area contributed by atoms with Crippen LogP contribution in [0.15, 0.2) is 0 Å². The zero-order chi connectivity index (χ0) is 15.8. The minimum Gasteiger partial charge on any atom is -0.354 e. The number of likely N-dealkylation sites (tertiary alicyclic amines) is 1. The first-order valence-corrected chi connectivity index (χ1v) is 9.29. The minimum atomic E-state index is 0.205. The summed E-state index contributed by atoms with van der Waals surface area (Å²) in [6, 6.07) is 0. The Morgan fingerprint density at radius 3 is 2.18 bits per heavy atom. The molecule has 0 unspecified atom stereocenters. The molecule has 1 N–H and O–H groups in total. The lowest BCUT2D eigenvalue weighted by Crippen LogP contribution is -2.51. The summed E-state index contributed by atoms with van der Waals surface area (Å²) in [5.74, 6) is 0.232. The van der Waals surface area contributed by atoms with E-state index in [1.165, 1.54) is 70.9 Å². The summed E-state index contributed by atoms with van der Waals surface area (Å²) in [5.41, 5.74) is 0.205. The predicted octanol–water partition coefficient (Wildman–Crippen LogP) is 2.63. The lowest BCUT2D eigenvalue weighted by Gasteiger charge is -2.36. The van der Waals surface area contributed by atoms with Gasteiger partial charge in [-0.25, -0.2) is 0 Å². The molecule has 2 aliphatic rings. The molecular formula is C18H35N3O. The number of amides is 1. The van der Waals surface area contributed by atoms with Crippen LogP contribution in [0.1, 0.15) is 64.2 Å². The standard InChI is InChI=1S/C18H35N3O/c1-20(2)18(11-6-7-12-18)16-19-17(22)10-15-21-13-8-4-3-5-9-14-21/h3-16H2,1-2H3,(H,19,22). The molecule has 4 heteroatoms. The lowest BCUT2D eigenvalue weighted by atomic mass is 9.96. The number of carbonyl (C=O) groups excluding carboxylic acids is 1. The maximum atomic E-state index is 12.2. The zero-order valence-electron chi connectivity index (χ0n) is 14.7. The van der Waals surface area contributed by atoms with Gasteiger partial charge in [0.05, 0.1) is 0 Å². The van der Waals surface area contributed by atoms with Crippen molar-refractivity contribution in [3.8, 4) is 0 Å². The van der Waals surface area contributed by atoms with Crippen LogP contribution in [-0.4, -0.2) is 61.5 Å². The van der Waals surface area contributed by atoms with Crippen LogP contribution in [0.3, 0.4) is 0 Å². The monoisotopic (exact) mass is 309 g/mol. The summed E-state index contributed by atoms with van der Waals surface area (Å²) in [6.45, 7) is 4.10. The van der Waals surface area contributed by atoms with Gasteiger partial charge in [-0.1, -0.05) is 32.1 Å². The molecular weight excluding hydrogens is 274 g/mol. The molecule has 1 saturated carbocycles. The molecule has 1 heterocycles. The highest BCUT2D eigenvalue weighted by atomic mass is 16.1. The van der Waals surface area contributed by atoms with Gasteiger partial charge < -0.3 is 15.1 Å². The Bertz CT molecular complexity index is 329. The normalized spacial score (nSPS) is 23.2. The molecule has 22 heavy (non-hydrogen) atoms. The molecule has 1 amide bonds. The van der Waals surface area contributed by atoms with E-state index in [2.05, 4.69) is 29.2 Å². The van der Waals surface area contributed by atoms with Crippen molar-refractivity contribution in [2.75, 3.05) is 40.3 Å². The number of nitrogens with zero attached hydrogens (tertiary/aromatic N) is 2. The highest BCUT2D eigenvalue weighted by Gasteiger charge is 2.36. The third-order valence-corrected chi connectivity index (χ3v) is 5.70. The van der Waals surface area contributed by atoms with Crippen molar-refractivity contribution in [2.24, 2.45) is 0 Å². The predicted molar refractivity (Wildman–Crippen MR) is 92.0 cm³/mol. The van der Waals surface area contributed by atoms with E-state index in [4.69, 9.17) is 0 Å². The summed E-state index contributed by atoms with van der Waals surface area (Å²) in [5, 5.41) is 3.21. The summed E-state index contributed by atoms with van der Waals surface area (Å²) in [4.78, 5) is 17.0. The van der Waals surface area contributed by atoms with E-state index in [1.807, 2.05) is 0 Å². The molecule has 0 aromatic carbocycles. The van der Waals surface area contributed by atoms with Crippen LogP contribution < -0.4 is 5.32 Å². The second-order valence-corrected chi connectivity index (χ2v) is 7.46. The van der Waals surface area contributed by atoms with Crippen molar-refractivity contribution < 1.29 is 4.79 Å². The molecule has 0 spiro atoms. The van der Waals surface area contributed by atoms with E-state index in [0.29, 0.717) is 6.42 Å². The maximum absolute atomic E-state index is 12.2. The van der Waals surface area contributed by atoms with Crippen molar-refractivity contribution in [2.45, 2.75) is 69.7 Å². The average Bonchev–Trinajstić information content (AvgIpc) is 2.94. The quantitative estimate of drug-likeness (QED) is 0.819. The van der Waals surface area contributed by atoms with Gasteiger partial charge in [0, 0.05) is 25.0 Å². The summed E-state index contributed by atoms with van der Waals surface area (Å²) >= 11 is 0. The van der Waals surface area contributed by atoms with Gasteiger partial charge in [0.2, 0.25) is 5.91 Å². The van der Waals surface area contributed by atoms with E-state index in [-0.39, 0.29) is 11.4 Å².